The number of nitrogens with zero attached hydrogens (tertiary/aromatic N) is 1. The number of fused-ring (bicyclic) bond motifs is 3. The first-order valence-corrected chi connectivity index (χ1v) is 9.61. The third kappa shape index (κ3) is 2.64. The third-order valence-electron chi connectivity index (χ3n) is 5.82. The quantitative estimate of drug-likeness (QED) is 0.484. The van der Waals surface area contributed by atoms with E-state index in [1.165, 1.54) is 47.3 Å². The van der Waals surface area contributed by atoms with Crippen molar-refractivity contribution in [3.05, 3.63) is 95.6 Å². The summed E-state index contributed by atoms with van der Waals surface area (Å²) in [4.78, 5) is 2.58. The van der Waals surface area contributed by atoms with E-state index in [1.54, 1.807) is 0 Å². The van der Waals surface area contributed by atoms with Gasteiger partial charge in [-0.2, -0.15) is 0 Å². The van der Waals surface area contributed by atoms with E-state index < -0.39 is 0 Å². The second-order valence-electron chi connectivity index (χ2n) is 7.37. The predicted octanol–water partition coefficient (Wildman–Crippen LogP) is 6.64. The minimum absolute atomic E-state index is 0.626. The fourth-order valence-corrected chi connectivity index (χ4v) is 4.66. The molecule has 0 aromatic heterocycles. The van der Waals surface area contributed by atoms with Gasteiger partial charge < -0.3 is 4.90 Å². The molecule has 0 amide bonds. The molecule has 2 atom stereocenters. The van der Waals surface area contributed by atoms with E-state index >= 15 is 0 Å². The first-order valence-electron chi connectivity index (χ1n) is 9.61. The smallest absolute Gasteiger partial charge is 0.0450 e. The van der Waals surface area contributed by atoms with Gasteiger partial charge in [-0.1, -0.05) is 73.2 Å². The highest BCUT2D eigenvalue weighted by Crippen LogP contribution is 2.52. The van der Waals surface area contributed by atoms with E-state index in [1.807, 2.05) is 0 Å². The van der Waals surface area contributed by atoms with Crippen LogP contribution in [-0.4, -0.2) is 6.04 Å². The van der Waals surface area contributed by atoms with Crippen LogP contribution in [0.4, 0.5) is 11.4 Å². The van der Waals surface area contributed by atoms with E-state index in [2.05, 4.69) is 95.9 Å². The third-order valence-corrected chi connectivity index (χ3v) is 5.82. The van der Waals surface area contributed by atoms with Crippen LogP contribution in [0.15, 0.2) is 78.9 Å². The van der Waals surface area contributed by atoms with Gasteiger partial charge in [0, 0.05) is 23.3 Å². The summed E-state index contributed by atoms with van der Waals surface area (Å²) >= 11 is 0. The summed E-state index contributed by atoms with van der Waals surface area (Å²) in [6.07, 6.45) is 8.39. The van der Waals surface area contributed by atoms with E-state index in [4.69, 9.17) is 0 Å². The Morgan fingerprint density at radius 2 is 1.46 bits per heavy atom. The zero-order valence-electron chi connectivity index (χ0n) is 14.9. The summed E-state index contributed by atoms with van der Waals surface area (Å²) in [5, 5.41) is 0. The second kappa shape index (κ2) is 6.49. The average molecular weight is 337 g/mol. The predicted molar refractivity (Wildman–Crippen MR) is 111 cm³/mol. The molecular formula is C25H23N. The van der Waals surface area contributed by atoms with Crippen molar-refractivity contribution < 1.29 is 0 Å². The molecule has 1 heterocycles. The molecule has 2 aliphatic rings. The Morgan fingerprint density at radius 3 is 2.27 bits per heavy atom. The molecule has 1 saturated carbocycles. The van der Waals surface area contributed by atoms with Crippen molar-refractivity contribution in [1.82, 2.24) is 0 Å². The molecule has 0 N–H and O–H groups in total. The monoisotopic (exact) mass is 337 g/mol. The van der Waals surface area contributed by atoms with E-state index in [0.29, 0.717) is 12.0 Å². The van der Waals surface area contributed by atoms with Crippen LogP contribution in [0.5, 0.6) is 0 Å². The maximum atomic E-state index is 2.58. The van der Waals surface area contributed by atoms with Gasteiger partial charge in [0.25, 0.3) is 0 Å². The highest BCUT2D eigenvalue weighted by molar-refractivity contribution is 5.77. The molecular weight excluding hydrogens is 314 g/mol. The molecule has 1 aliphatic heterocycles. The number of rotatable bonds is 3. The Bertz CT molecular complexity index is 927. The zero-order chi connectivity index (χ0) is 17.3. The summed E-state index contributed by atoms with van der Waals surface area (Å²) in [5.74, 6) is 0.676. The van der Waals surface area contributed by atoms with Crippen LogP contribution in [0, 0.1) is 0 Å². The van der Waals surface area contributed by atoms with Gasteiger partial charge in [-0.25, -0.2) is 0 Å². The zero-order valence-corrected chi connectivity index (χ0v) is 14.9. The van der Waals surface area contributed by atoms with Gasteiger partial charge in [0.1, 0.15) is 0 Å². The van der Waals surface area contributed by atoms with E-state index in [-0.39, 0.29) is 0 Å². The van der Waals surface area contributed by atoms with Crippen molar-refractivity contribution in [2.24, 2.45) is 0 Å². The number of hydrogen-bond acceptors (Lipinski definition) is 1. The number of anilines is 2. The Kier molecular flexibility index (Phi) is 3.86. The van der Waals surface area contributed by atoms with E-state index in [0.717, 1.165) is 0 Å². The first kappa shape index (κ1) is 15.5. The summed E-state index contributed by atoms with van der Waals surface area (Å²) in [6, 6.07) is 29.0. The fourth-order valence-electron chi connectivity index (χ4n) is 4.66. The van der Waals surface area contributed by atoms with Crippen molar-refractivity contribution in [1.29, 1.82) is 0 Å². The normalized spacial score (nSPS) is 21.2. The lowest BCUT2D eigenvalue weighted by molar-refractivity contribution is 0.642. The van der Waals surface area contributed by atoms with Gasteiger partial charge in [0.15, 0.2) is 0 Å². The molecule has 1 aliphatic carbocycles. The lowest BCUT2D eigenvalue weighted by Gasteiger charge is -2.27. The van der Waals surface area contributed by atoms with Gasteiger partial charge in [-0.3, -0.25) is 0 Å². The molecule has 0 bridgehead atoms. The minimum atomic E-state index is 0.626. The van der Waals surface area contributed by atoms with Crippen molar-refractivity contribution >= 4 is 23.5 Å². The molecule has 26 heavy (non-hydrogen) atoms. The highest BCUT2D eigenvalue weighted by atomic mass is 15.2. The molecule has 1 nitrogen and oxygen atoms in total. The summed E-state index contributed by atoms with van der Waals surface area (Å²) in [5.41, 5.74) is 6.82. The van der Waals surface area contributed by atoms with Crippen molar-refractivity contribution in [2.45, 2.75) is 31.2 Å². The topological polar surface area (TPSA) is 3.24 Å². The molecule has 5 rings (SSSR count). The molecule has 3 aromatic carbocycles. The SMILES string of the molecule is C(=C/c1ccc2c(c1)C1CCCC1N2c1ccccc1)/c1ccccc1. The maximum Gasteiger partial charge on any atom is 0.0450 e. The number of hydrogen-bond donors (Lipinski definition) is 0. The lowest BCUT2D eigenvalue weighted by atomic mass is 9.96. The van der Waals surface area contributed by atoms with Gasteiger partial charge in [-0.05, 0) is 53.8 Å². The van der Waals surface area contributed by atoms with Crippen LogP contribution < -0.4 is 4.90 Å². The van der Waals surface area contributed by atoms with Crippen molar-refractivity contribution in [3.63, 3.8) is 0 Å². The molecule has 3 aromatic rings. The molecule has 0 spiro atoms. The van der Waals surface area contributed by atoms with Crippen molar-refractivity contribution in [2.75, 3.05) is 4.90 Å². The Hall–Kier alpha value is -2.80. The Balaban J connectivity index is 1.52. The Morgan fingerprint density at radius 1 is 0.731 bits per heavy atom. The highest BCUT2D eigenvalue weighted by Gasteiger charge is 2.41. The number of para-hydroxylation sites is 1. The van der Waals surface area contributed by atoms with Gasteiger partial charge in [0.05, 0.1) is 0 Å². The maximum absolute atomic E-state index is 2.58. The minimum Gasteiger partial charge on any atom is -0.338 e. The van der Waals surface area contributed by atoms with Gasteiger partial charge >= 0.3 is 0 Å². The molecule has 0 radical (unpaired) electrons. The van der Waals surface area contributed by atoms with Gasteiger partial charge in [0.2, 0.25) is 0 Å². The van der Waals surface area contributed by atoms with Gasteiger partial charge in [-0.15, -0.1) is 0 Å². The fraction of sp³-hybridized carbons (Fsp3) is 0.200. The molecule has 1 fully saturated rings. The molecule has 1 heteroatoms. The lowest BCUT2D eigenvalue weighted by Crippen LogP contribution is -2.26. The van der Waals surface area contributed by atoms with E-state index in [9.17, 15) is 0 Å². The van der Waals surface area contributed by atoms with Crippen molar-refractivity contribution in [3.8, 4) is 0 Å². The van der Waals surface area contributed by atoms with Crippen LogP contribution in [0.25, 0.3) is 12.2 Å². The van der Waals surface area contributed by atoms with Crippen LogP contribution in [-0.2, 0) is 0 Å². The molecule has 128 valence electrons. The standard InChI is InChI=1S/C25H23N/c1-3-8-19(9-4-1)14-15-20-16-17-25-23(18-20)22-12-7-13-24(22)26(25)21-10-5-2-6-11-21/h1-6,8-11,14-18,22,24H,7,12-13H2/b15-14-. The van der Waals surface area contributed by atoms with Crippen LogP contribution in [0.2, 0.25) is 0 Å². The average Bonchev–Trinajstić information content (AvgIpc) is 3.28. The Labute approximate surface area is 155 Å². The molecule has 2 unspecified atom stereocenters. The summed E-state index contributed by atoms with van der Waals surface area (Å²) < 4.78 is 0. The second-order valence-corrected chi connectivity index (χ2v) is 7.37. The summed E-state index contributed by atoms with van der Waals surface area (Å²) in [7, 11) is 0. The largest absolute Gasteiger partial charge is 0.338 e. The number of benzene rings is 3. The molecule has 0 saturated heterocycles. The van der Waals surface area contributed by atoms with Crippen LogP contribution >= 0.6 is 0 Å². The van der Waals surface area contributed by atoms with Crippen LogP contribution in [0.3, 0.4) is 0 Å². The first-order chi connectivity index (χ1) is 12.9. The summed E-state index contributed by atoms with van der Waals surface area (Å²) in [6.45, 7) is 0. The van der Waals surface area contributed by atoms with Crippen LogP contribution in [0.1, 0.15) is 41.9 Å².